The summed E-state index contributed by atoms with van der Waals surface area (Å²) >= 11 is 3.56. The van der Waals surface area contributed by atoms with Gasteiger partial charge in [-0.05, 0) is 31.0 Å². The molecule has 2 rings (SSSR count). The largest absolute Gasteiger partial charge is 0.374 e. The molecule has 0 aliphatic carbocycles. The molecule has 19 heavy (non-hydrogen) atoms. The predicted octanol–water partition coefficient (Wildman–Crippen LogP) is 2.95. The molecule has 3 atom stereocenters. The number of ether oxygens (including phenoxy) is 1. The Balaban J connectivity index is 2.13. The van der Waals surface area contributed by atoms with E-state index in [0.717, 1.165) is 30.6 Å². The maximum Gasteiger partial charge on any atom is 0.0850 e. The molecule has 0 amide bonds. The van der Waals surface area contributed by atoms with Crippen LogP contribution in [0.3, 0.4) is 0 Å². The third kappa shape index (κ3) is 3.78. The molecule has 4 heteroatoms. The molecule has 1 aliphatic heterocycles. The van der Waals surface area contributed by atoms with Gasteiger partial charge in [0.1, 0.15) is 0 Å². The van der Waals surface area contributed by atoms with Crippen molar-refractivity contribution in [2.24, 2.45) is 5.73 Å². The van der Waals surface area contributed by atoms with Crippen LogP contribution in [0.2, 0.25) is 0 Å². The van der Waals surface area contributed by atoms with Crippen LogP contribution in [0.25, 0.3) is 0 Å². The molecule has 1 aliphatic rings. The summed E-state index contributed by atoms with van der Waals surface area (Å²) in [5, 5.41) is 0. The minimum atomic E-state index is 0.0859. The van der Waals surface area contributed by atoms with Crippen molar-refractivity contribution in [1.82, 2.24) is 4.90 Å². The van der Waals surface area contributed by atoms with Crippen molar-refractivity contribution in [2.45, 2.75) is 38.5 Å². The van der Waals surface area contributed by atoms with Crippen molar-refractivity contribution in [3.8, 4) is 0 Å². The SMILES string of the molecule is CCC(c1cccc(Br)c1)N1CCOC(C(C)N)C1. The molecule has 1 heterocycles. The van der Waals surface area contributed by atoms with Gasteiger partial charge in [0.2, 0.25) is 0 Å². The number of hydrogen-bond acceptors (Lipinski definition) is 3. The zero-order valence-corrected chi connectivity index (χ0v) is 13.3. The van der Waals surface area contributed by atoms with Gasteiger partial charge in [0.15, 0.2) is 0 Å². The van der Waals surface area contributed by atoms with E-state index in [1.54, 1.807) is 0 Å². The van der Waals surface area contributed by atoms with Gasteiger partial charge in [-0.1, -0.05) is 35.0 Å². The lowest BCUT2D eigenvalue weighted by Gasteiger charge is -2.39. The standard InChI is InChI=1S/C15H23BrN2O/c1-3-14(12-5-4-6-13(16)9-12)18-7-8-19-15(10-18)11(2)17/h4-6,9,11,14-15H,3,7-8,10,17H2,1-2H3. The van der Waals surface area contributed by atoms with E-state index in [1.165, 1.54) is 5.56 Å². The monoisotopic (exact) mass is 326 g/mol. The van der Waals surface area contributed by atoms with Crippen LogP contribution in [0.1, 0.15) is 31.9 Å². The summed E-state index contributed by atoms with van der Waals surface area (Å²) in [5.74, 6) is 0. The first-order chi connectivity index (χ1) is 9.11. The van der Waals surface area contributed by atoms with Crippen LogP contribution < -0.4 is 5.73 Å². The fourth-order valence-corrected chi connectivity index (χ4v) is 3.13. The van der Waals surface area contributed by atoms with Gasteiger partial charge in [-0.15, -0.1) is 0 Å². The summed E-state index contributed by atoms with van der Waals surface area (Å²) in [6.45, 7) is 6.93. The smallest absolute Gasteiger partial charge is 0.0850 e. The molecule has 0 aromatic heterocycles. The minimum absolute atomic E-state index is 0.0859. The minimum Gasteiger partial charge on any atom is -0.374 e. The summed E-state index contributed by atoms with van der Waals surface area (Å²) in [6.07, 6.45) is 1.25. The Bertz CT molecular complexity index is 411. The maximum absolute atomic E-state index is 5.97. The molecular formula is C15H23BrN2O. The van der Waals surface area contributed by atoms with Crippen molar-refractivity contribution in [2.75, 3.05) is 19.7 Å². The van der Waals surface area contributed by atoms with E-state index in [0.29, 0.717) is 6.04 Å². The quantitative estimate of drug-likeness (QED) is 0.924. The molecule has 0 saturated carbocycles. The Kier molecular flexibility index (Phi) is 5.39. The Morgan fingerprint density at radius 1 is 1.53 bits per heavy atom. The number of benzene rings is 1. The van der Waals surface area contributed by atoms with Crippen LogP contribution >= 0.6 is 15.9 Å². The predicted molar refractivity (Wildman–Crippen MR) is 82.1 cm³/mol. The van der Waals surface area contributed by atoms with Crippen molar-refractivity contribution in [3.63, 3.8) is 0 Å². The zero-order valence-electron chi connectivity index (χ0n) is 11.7. The average molecular weight is 327 g/mol. The van der Waals surface area contributed by atoms with Crippen LogP contribution in [0.15, 0.2) is 28.7 Å². The second-order valence-electron chi connectivity index (χ2n) is 5.24. The maximum atomic E-state index is 5.97. The van der Waals surface area contributed by atoms with Gasteiger partial charge in [0.25, 0.3) is 0 Å². The second-order valence-corrected chi connectivity index (χ2v) is 6.16. The van der Waals surface area contributed by atoms with Crippen LogP contribution in [0.4, 0.5) is 0 Å². The number of halogens is 1. The summed E-state index contributed by atoms with van der Waals surface area (Å²) in [7, 11) is 0. The van der Waals surface area contributed by atoms with E-state index >= 15 is 0 Å². The summed E-state index contributed by atoms with van der Waals surface area (Å²) in [4.78, 5) is 2.50. The van der Waals surface area contributed by atoms with E-state index < -0.39 is 0 Å². The molecule has 1 aromatic rings. The van der Waals surface area contributed by atoms with Gasteiger partial charge < -0.3 is 10.5 Å². The molecule has 3 unspecified atom stereocenters. The van der Waals surface area contributed by atoms with E-state index in [4.69, 9.17) is 10.5 Å². The molecular weight excluding hydrogens is 304 g/mol. The third-order valence-corrected chi connectivity index (χ3v) is 4.27. The van der Waals surface area contributed by atoms with E-state index in [2.05, 4.69) is 52.0 Å². The van der Waals surface area contributed by atoms with Crippen LogP contribution in [-0.2, 0) is 4.74 Å². The molecule has 1 saturated heterocycles. The van der Waals surface area contributed by atoms with Gasteiger partial charge in [-0.2, -0.15) is 0 Å². The molecule has 1 aromatic carbocycles. The van der Waals surface area contributed by atoms with E-state index in [1.807, 2.05) is 6.92 Å². The summed E-state index contributed by atoms with van der Waals surface area (Å²) < 4.78 is 6.89. The van der Waals surface area contributed by atoms with E-state index in [-0.39, 0.29) is 12.1 Å². The van der Waals surface area contributed by atoms with Gasteiger partial charge >= 0.3 is 0 Å². The number of nitrogens with two attached hydrogens (primary N) is 1. The van der Waals surface area contributed by atoms with Crippen LogP contribution in [0, 0.1) is 0 Å². The van der Waals surface area contributed by atoms with Crippen molar-refractivity contribution in [1.29, 1.82) is 0 Å². The molecule has 1 fully saturated rings. The van der Waals surface area contributed by atoms with Gasteiger partial charge in [-0.3, -0.25) is 4.90 Å². The Labute approximate surface area is 124 Å². The number of morpholine rings is 1. The number of hydrogen-bond donors (Lipinski definition) is 1. The van der Waals surface area contributed by atoms with Crippen molar-refractivity contribution < 1.29 is 4.74 Å². The molecule has 0 radical (unpaired) electrons. The molecule has 0 bridgehead atoms. The van der Waals surface area contributed by atoms with Crippen molar-refractivity contribution >= 4 is 15.9 Å². The highest BCUT2D eigenvalue weighted by Gasteiger charge is 2.28. The topological polar surface area (TPSA) is 38.5 Å². The van der Waals surface area contributed by atoms with Crippen molar-refractivity contribution in [3.05, 3.63) is 34.3 Å². The van der Waals surface area contributed by atoms with Gasteiger partial charge in [0, 0.05) is 29.6 Å². The highest BCUT2D eigenvalue weighted by molar-refractivity contribution is 9.10. The lowest BCUT2D eigenvalue weighted by molar-refractivity contribution is -0.0527. The lowest BCUT2D eigenvalue weighted by atomic mass is 10.0. The van der Waals surface area contributed by atoms with Gasteiger partial charge in [0.05, 0.1) is 12.7 Å². The lowest BCUT2D eigenvalue weighted by Crippen LogP contribution is -2.50. The average Bonchev–Trinajstić information content (AvgIpc) is 2.40. The van der Waals surface area contributed by atoms with E-state index in [9.17, 15) is 0 Å². The first-order valence-corrected chi connectivity index (χ1v) is 7.77. The molecule has 2 N–H and O–H groups in total. The molecule has 3 nitrogen and oxygen atoms in total. The number of nitrogens with zero attached hydrogens (tertiary/aromatic N) is 1. The molecule has 106 valence electrons. The van der Waals surface area contributed by atoms with Crippen LogP contribution in [0.5, 0.6) is 0 Å². The van der Waals surface area contributed by atoms with Gasteiger partial charge in [-0.25, -0.2) is 0 Å². The highest BCUT2D eigenvalue weighted by Crippen LogP contribution is 2.28. The second kappa shape index (κ2) is 6.84. The first-order valence-electron chi connectivity index (χ1n) is 6.98. The Hall–Kier alpha value is -0.420. The van der Waals surface area contributed by atoms with Crippen LogP contribution in [-0.4, -0.2) is 36.7 Å². The molecule has 0 spiro atoms. The number of rotatable bonds is 4. The normalized spacial score (nSPS) is 24.1. The third-order valence-electron chi connectivity index (χ3n) is 3.77. The highest BCUT2D eigenvalue weighted by atomic mass is 79.9. The fraction of sp³-hybridized carbons (Fsp3) is 0.600. The Morgan fingerprint density at radius 2 is 2.32 bits per heavy atom. The first kappa shape index (κ1) is 15.0. The zero-order chi connectivity index (χ0) is 13.8. The summed E-state index contributed by atoms with van der Waals surface area (Å²) in [6, 6.07) is 9.12. The summed E-state index contributed by atoms with van der Waals surface area (Å²) in [5.41, 5.74) is 7.34. The fourth-order valence-electron chi connectivity index (χ4n) is 2.72. The Morgan fingerprint density at radius 3 is 2.95 bits per heavy atom.